The van der Waals surface area contributed by atoms with Gasteiger partial charge in [0.1, 0.15) is 5.66 Å². The fourth-order valence-corrected chi connectivity index (χ4v) is 9.09. The second-order valence-corrected chi connectivity index (χ2v) is 12.8. The molecule has 0 aromatic heterocycles. The minimum Gasteiger partial charge on any atom is -0.347 e. The first-order chi connectivity index (χ1) is 16.4. The number of nitrogens with zero attached hydrogens (tertiary/aromatic N) is 2. The Morgan fingerprint density at radius 2 is 1.65 bits per heavy atom. The second-order valence-electron chi connectivity index (χ2n) is 9.62. The average molecular weight is 558 g/mol. The molecule has 3 aromatic rings. The van der Waals surface area contributed by atoms with Crippen LogP contribution in [0, 0.1) is 0 Å². The summed E-state index contributed by atoms with van der Waals surface area (Å²) in [6.07, 6.45) is 4.76. The summed E-state index contributed by atoms with van der Waals surface area (Å²) in [6, 6.07) is 23.5. The summed E-state index contributed by atoms with van der Waals surface area (Å²) in [5.41, 5.74) is 2.78. The van der Waals surface area contributed by atoms with Crippen molar-refractivity contribution in [1.82, 2.24) is 4.31 Å². The quantitative estimate of drug-likeness (QED) is 0.357. The van der Waals surface area contributed by atoms with E-state index >= 15 is 0 Å². The van der Waals surface area contributed by atoms with Gasteiger partial charge < -0.3 is 4.90 Å². The molecule has 176 valence electrons. The third-order valence-electron chi connectivity index (χ3n) is 8.10. The summed E-state index contributed by atoms with van der Waals surface area (Å²) >= 11 is 9.78. The first-order valence-electron chi connectivity index (χ1n) is 11.8. The molecule has 34 heavy (non-hydrogen) atoms. The minimum absolute atomic E-state index is 0.224. The molecule has 2 heterocycles. The smallest absolute Gasteiger partial charge is 0.245 e. The van der Waals surface area contributed by atoms with Gasteiger partial charge in [-0.05, 0) is 79.3 Å². The topological polar surface area (TPSA) is 40.6 Å². The average Bonchev–Trinajstić information content (AvgIpc) is 3.31. The number of anilines is 1. The molecule has 3 aromatic carbocycles. The first-order valence-corrected chi connectivity index (χ1v) is 14.4. The van der Waals surface area contributed by atoms with E-state index in [2.05, 4.69) is 63.3 Å². The number of benzene rings is 3. The second kappa shape index (κ2) is 8.09. The van der Waals surface area contributed by atoms with Crippen molar-refractivity contribution in [3.05, 3.63) is 93.4 Å². The Hall–Kier alpha value is -1.86. The zero-order chi connectivity index (χ0) is 23.6. The molecule has 0 unspecified atom stereocenters. The van der Waals surface area contributed by atoms with Crippen molar-refractivity contribution in [2.45, 2.75) is 54.6 Å². The maximum atomic E-state index is 14.2. The summed E-state index contributed by atoms with van der Waals surface area (Å²) in [6.45, 7) is 1.19. The molecule has 3 aliphatic rings. The fourth-order valence-electron chi connectivity index (χ4n) is 6.78. The third-order valence-corrected chi connectivity index (χ3v) is 10.8. The molecule has 1 aliphatic carbocycles. The Bertz CT molecular complexity index is 1350. The molecular formula is C27H26BrClN2O2S. The van der Waals surface area contributed by atoms with Gasteiger partial charge in [0.15, 0.2) is 0 Å². The van der Waals surface area contributed by atoms with Crippen LogP contribution in [-0.2, 0) is 22.0 Å². The monoisotopic (exact) mass is 556 g/mol. The number of fused-ring (bicyclic) bond motifs is 1. The van der Waals surface area contributed by atoms with Gasteiger partial charge in [0.25, 0.3) is 0 Å². The lowest BCUT2D eigenvalue weighted by Crippen LogP contribution is -2.65. The SMILES string of the molecule is O=S(=O)(c1ccc(Cl)cc1)N1CC[C@@]23CCCC[C@@]12N(Cc1ccccc1)c1ccc(Br)cc13. The number of rotatable bonds is 4. The van der Waals surface area contributed by atoms with Crippen molar-refractivity contribution in [3.8, 4) is 0 Å². The lowest BCUT2D eigenvalue weighted by molar-refractivity contribution is 0.104. The zero-order valence-corrected chi connectivity index (χ0v) is 21.9. The molecule has 0 bridgehead atoms. The molecule has 4 nitrogen and oxygen atoms in total. The molecule has 0 N–H and O–H groups in total. The van der Waals surface area contributed by atoms with Gasteiger partial charge in [-0.25, -0.2) is 8.42 Å². The van der Waals surface area contributed by atoms with E-state index in [1.807, 2.05) is 10.4 Å². The molecule has 2 atom stereocenters. The third kappa shape index (κ3) is 3.08. The Morgan fingerprint density at radius 1 is 0.912 bits per heavy atom. The van der Waals surface area contributed by atoms with Crippen molar-refractivity contribution in [2.75, 3.05) is 11.4 Å². The van der Waals surface area contributed by atoms with E-state index in [9.17, 15) is 8.42 Å². The molecule has 0 radical (unpaired) electrons. The van der Waals surface area contributed by atoms with Gasteiger partial charge >= 0.3 is 0 Å². The van der Waals surface area contributed by atoms with Crippen molar-refractivity contribution in [1.29, 1.82) is 0 Å². The van der Waals surface area contributed by atoms with E-state index in [0.29, 0.717) is 23.0 Å². The van der Waals surface area contributed by atoms with Crippen LogP contribution in [0.3, 0.4) is 0 Å². The zero-order valence-electron chi connectivity index (χ0n) is 18.8. The molecule has 0 amide bonds. The minimum atomic E-state index is -3.73. The molecule has 1 saturated carbocycles. The first kappa shape index (κ1) is 22.6. The largest absolute Gasteiger partial charge is 0.347 e. The highest BCUT2D eigenvalue weighted by molar-refractivity contribution is 9.10. The van der Waals surface area contributed by atoms with Crippen LogP contribution in [0.4, 0.5) is 5.69 Å². The van der Waals surface area contributed by atoms with E-state index in [-0.39, 0.29) is 5.41 Å². The van der Waals surface area contributed by atoms with E-state index in [1.165, 1.54) is 11.1 Å². The summed E-state index contributed by atoms with van der Waals surface area (Å²) in [4.78, 5) is 2.72. The van der Waals surface area contributed by atoms with E-state index in [4.69, 9.17) is 11.6 Å². The lowest BCUT2D eigenvalue weighted by Gasteiger charge is -2.53. The van der Waals surface area contributed by atoms with E-state index in [0.717, 1.165) is 42.3 Å². The Kier molecular flexibility index (Phi) is 5.37. The highest BCUT2D eigenvalue weighted by Gasteiger charge is 2.70. The van der Waals surface area contributed by atoms with E-state index in [1.54, 1.807) is 24.3 Å². The summed E-state index contributed by atoms with van der Waals surface area (Å²) in [5, 5.41) is 0.536. The van der Waals surface area contributed by atoms with Crippen LogP contribution in [0.1, 0.15) is 43.2 Å². The lowest BCUT2D eigenvalue weighted by atomic mass is 9.64. The Labute approximate surface area is 214 Å². The summed E-state index contributed by atoms with van der Waals surface area (Å²) in [5.74, 6) is 0. The van der Waals surface area contributed by atoms with Gasteiger partial charge in [-0.2, -0.15) is 4.31 Å². The maximum Gasteiger partial charge on any atom is 0.245 e. The Morgan fingerprint density at radius 3 is 2.41 bits per heavy atom. The normalized spacial score (nSPS) is 26.2. The molecule has 0 spiro atoms. The van der Waals surface area contributed by atoms with Gasteiger partial charge in [-0.15, -0.1) is 0 Å². The van der Waals surface area contributed by atoms with Gasteiger partial charge in [0, 0.05) is 33.7 Å². The van der Waals surface area contributed by atoms with Gasteiger partial charge in [-0.1, -0.05) is 64.3 Å². The molecule has 7 heteroatoms. The maximum absolute atomic E-state index is 14.2. The fraction of sp³-hybridized carbons (Fsp3) is 0.333. The number of halogens is 2. The number of sulfonamides is 1. The van der Waals surface area contributed by atoms with Crippen molar-refractivity contribution < 1.29 is 8.42 Å². The van der Waals surface area contributed by atoms with Crippen LogP contribution in [-0.4, -0.2) is 24.9 Å². The molecule has 2 aliphatic heterocycles. The predicted octanol–water partition coefficient (Wildman–Crippen LogP) is 6.73. The van der Waals surface area contributed by atoms with Crippen LogP contribution in [0.5, 0.6) is 0 Å². The summed E-state index contributed by atoms with van der Waals surface area (Å²) < 4.78 is 31.3. The van der Waals surface area contributed by atoms with Crippen molar-refractivity contribution >= 4 is 43.2 Å². The molecule has 1 saturated heterocycles. The summed E-state index contributed by atoms with van der Waals surface area (Å²) in [7, 11) is -3.73. The number of hydrogen-bond donors (Lipinski definition) is 0. The van der Waals surface area contributed by atoms with Gasteiger partial charge in [0.05, 0.1) is 4.90 Å². The van der Waals surface area contributed by atoms with Gasteiger partial charge in [-0.3, -0.25) is 0 Å². The standard InChI is InChI=1S/C27H26BrClN2O2S/c28-21-8-13-25-24(18-21)26-14-4-5-15-27(26,30(25)19-20-6-2-1-3-7-20)31(17-16-26)34(32,33)23-11-9-22(29)10-12-23/h1-3,6-13,18H,4-5,14-17,19H2/t26-,27-/m1/s1. The number of hydrogen-bond acceptors (Lipinski definition) is 3. The predicted molar refractivity (Wildman–Crippen MR) is 140 cm³/mol. The van der Waals surface area contributed by atoms with Crippen LogP contribution < -0.4 is 4.90 Å². The highest BCUT2D eigenvalue weighted by atomic mass is 79.9. The molecule has 6 rings (SSSR count). The van der Waals surface area contributed by atoms with E-state index < -0.39 is 15.7 Å². The van der Waals surface area contributed by atoms with Crippen molar-refractivity contribution in [3.63, 3.8) is 0 Å². The molecular weight excluding hydrogens is 532 g/mol. The van der Waals surface area contributed by atoms with Crippen LogP contribution in [0.2, 0.25) is 5.02 Å². The van der Waals surface area contributed by atoms with Gasteiger partial charge in [0.2, 0.25) is 10.0 Å². The van der Waals surface area contributed by atoms with Crippen LogP contribution >= 0.6 is 27.5 Å². The van der Waals surface area contributed by atoms with Crippen LogP contribution in [0.15, 0.2) is 82.2 Å². The Balaban J connectivity index is 1.57. The highest BCUT2D eigenvalue weighted by Crippen LogP contribution is 2.66. The van der Waals surface area contributed by atoms with Crippen molar-refractivity contribution in [2.24, 2.45) is 0 Å². The molecule has 2 fully saturated rings. The van der Waals surface area contributed by atoms with Crippen LogP contribution in [0.25, 0.3) is 0 Å².